The van der Waals surface area contributed by atoms with Crippen LogP contribution in [0, 0.1) is 18.3 Å². The molecule has 0 unspecified atom stereocenters. The van der Waals surface area contributed by atoms with Crippen LogP contribution < -0.4 is 10.1 Å². The van der Waals surface area contributed by atoms with Gasteiger partial charge in [-0.2, -0.15) is 5.26 Å². The molecule has 7 nitrogen and oxygen atoms in total. The Morgan fingerprint density at radius 2 is 1.95 bits per heavy atom. The molecule has 198 valence electrons. The number of benzene rings is 2. The highest BCUT2D eigenvalue weighted by atomic mass is 35.5. The van der Waals surface area contributed by atoms with Gasteiger partial charge >= 0.3 is 0 Å². The first-order chi connectivity index (χ1) is 17.8. The lowest BCUT2D eigenvalue weighted by Gasteiger charge is -2.19. The molecule has 1 amide bonds. The van der Waals surface area contributed by atoms with E-state index in [1.807, 2.05) is 67.8 Å². The van der Waals surface area contributed by atoms with Crippen LogP contribution in [0.3, 0.4) is 0 Å². The first-order valence-corrected chi connectivity index (χ1v) is 12.5. The lowest BCUT2D eigenvalue weighted by Crippen LogP contribution is -2.37. The average molecular weight is 533 g/mol. The van der Waals surface area contributed by atoms with Crippen molar-refractivity contribution in [2.24, 2.45) is 0 Å². The molecule has 0 aliphatic carbocycles. The van der Waals surface area contributed by atoms with Crippen molar-refractivity contribution in [2.75, 3.05) is 6.61 Å². The summed E-state index contributed by atoms with van der Waals surface area (Å²) in [5, 5.41) is 22.6. The number of carbonyl (C=O) groups is 1. The van der Waals surface area contributed by atoms with Crippen LogP contribution in [0.1, 0.15) is 54.7 Å². The predicted octanol–water partition coefficient (Wildman–Crippen LogP) is 5.98. The van der Waals surface area contributed by atoms with Gasteiger partial charge in [0, 0.05) is 30.0 Å². The summed E-state index contributed by atoms with van der Waals surface area (Å²) in [6, 6.07) is 18.4. The minimum Gasteiger partial charge on any atom is -0.490 e. The van der Waals surface area contributed by atoms with Crippen LogP contribution in [0.5, 0.6) is 5.75 Å². The number of aryl methyl sites for hydroxylation is 1. The highest BCUT2D eigenvalue weighted by Crippen LogP contribution is 2.30. The molecule has 4 aromatic rings. The van der Waals surface area contributed by atoms with Gasteiger partial charge in [0.1, 0.15) is 28.3 Å². The van der Waals surface area contributed by atoms with Gasteiger partial charge in [-0.25, -0.2) is 4.98 Å². The van der Waals surface area contributed by atoms with E-state index in [1.54, 1.807) is 12.1 Å². The van der Waals surface area contributed by atoms with E-state index in [0.29, 0.717) is 40.6 Å². The van der Waals surface area contributed by atoms with E-state index in [0.717, 1.165) is 22.3 Å². The molecular weight excluding hydrogens is 500 g/mol. The summed E-state index contributed by atoms with van der Waals surface area (Å²) in [4.78, 5) is 17.7. The van der Waals surface area contributed by atoms with Crippen LogP contribution in [0.25, 0.3) is 16.9 Å². The lowest BCUT2D eigenvalue weighted by molar-refractivity contribution is 0.0930. The number of nitriles is 1. The van der Waals surface area contributed by atoms with E-state index in [2.05, 4.69) is 11.4 Å². The van der Waals surface area contributed by atoms with Gasteiger partial charge in [-0.05, 0) is 69.0 Å². The Morgan fingerprint density at radius 3 is 2.58 bits per heavy atom. The SMILES string of the molecule is C.Cc1cccn2c(Cl)c(-c3ccc(C[C@@H](CCO)NC(=O)c4ccc(OC(C)C)c(C#N)c4)cc3)nc12. The number of aliphatic hydroxyl groups excluding tert-OH is 1. The van der Waals surface area contributed by atoms with E-state index in [1.165, 1.54) is 6.07 Å². The summed E-state index contributed by atoms with van der Waals surface area (Å²) in [5.41, 5.74) is 5.13. The second-order valence-corrected chi connectivity index (χ2v) is 9.57. The minimum atomic E-state index is -0.311. The molecule has 1 atom stereocenters. The second-order valence-electron chi connectivity index (χ2n) is 9.21. The largest absolute Gasteiger partial charge is 0.490 e. The van der Waals surface area contributed by atoms with E-state index in [-0.39, 0.29) is 32.1 Å². The highest BCUT2D eigenvalue weighted by Gasteiger charge is 2.18. The first kappa shape index (κ1) is 28.7. The smallest absolute Gasteiger partial charge is 0.251 e. The molecule has 0 aliphatic rings. The number of rotatable bonds is 9. The monoisotopic (exact) mass is 532 g/mol. The van der Waals surface area contributed by atoms with E-state index >= 15 is 0 Å². The molecule has 0 radical (unpaired) electrons. The Bertz CT molecular complexity index is 1460. The number of aromatic nitrogens is 2. The molecule has 0 spiro atoms. The number of amides is 1. The Hall–Kier alpha value is -3.86. The van der Waals surface area contributed by atoms with Crippen molar-refractivity contribution < 1.29 is 14.6 Å². The topological polar surface area (TPSA) is 99.6 Å². The number of nitrogens with zero attached hydrogens (tertiary/aromatic N) is 3. The maximum absolute atomic E-state index is 12.9. The molecule has 0 saturated carbocycles. The number of pyridine rings is 1. The number of nitrogens with one attached hydrogen (secondary N) is 1. The number of halogens is 1. The Morgan fingerprint density at radius 1 is 1.21 bits per heavy atom. The van der Waals surface area contributed by atoms with Crippen molar-refractivity contribution in [1.29, 1.82) is 5.26 Å². The van der Waals surface area contributed by atoms with Gasteiger partial charge in [0.25, 0.3) is 5.91 Å². The van der Waals surface area contributed by atoms with Crippen LogP contribution in [-0.2, 0) is 6.42 Å². The zero-order valence-electron chi connectivity index (χ0n) is 21.0. The molecule has 2 N–H and O–H groups in total. The van der Waals surface area contributed by atoms with Crippen LogP contribution in [0.2, 0.25) is 5.15 Å². The molecule has 0 saturated heterocycles. The standard InChI is InChI=1S/C29H29ClN4O3.CH4/c1-18(2)37-25-11-10-22(16-23(25)17-31)29(36)32-24(12-14-35)15-20-6-8-21(9-7-20)26-27(30)34-13-4-5-19(3)28(34)33-26;/h4-11,13,16,18,24,35H,12,14-15H2,1-3H3,(H,32,36);1H4/t24-;/m1./s1. The summed E-state index contributed by atoms with van der Waals surface area (Å²) in [6.07, 6.45) is 2.73. The van der Waals surface area contributed by atoms with Gasteiger partial charge in [0.15, 0.2) is 0 Å². The number of hydrogen-bond donors (Lipinski definition) is 2. The van der Waals surface area contributed by atoms with E-state index in [9.17, 15) is 15.2 Å². The maximum atomic E-state index is 12.9. The number of hydrogen-bond acceptors (Lipinski definition) is 5. The van der Waals surface area contributed by atoms with E-state index in [4.69, 9.17) is 21.3 Å². The molecule has 8 heteroatoms. The fraction of sp³-hybridized carbons (Fsp3) is 0.300. The summed E-state index contributed by atoms with van der Waals surface area (Å²) in [5.74, 6) is 0.136. The zero-order valence-corrected chi connectivity index (χ0v) is 21.8. The fourth-order valence-electron chi connectivity index (χ4n) is 4.21. The normalized spacial score (nSPS) is 11.6. The van der Waals surface area contributed by atoms with Gasteiger partial charge in [0.2, 0.25) is 0 Å². The van der Waals surface area contributed by atoms with Crippen LogP contribution in [-0.4, -0.2) is 39.2 Å². The van der Waals surface area contributed by atoms with Crippen LogP contribution in [0.4, 0.5) is 0 Å². The van der Waals surface area contributed by atoms with Gasteiger partial charge < -0.3 is 15.2 Å². The molecule has 0 aliphatic heterocycles. The van der Waals surface area contributed by atoms with Crippen LogP contribution in [0.15, 0.2) is 60.8 Å². The van der Waals surface area contributed by atoms with E-state index < -0.39 is 0 Å². The first-order valence-electron chi connectivity index (χ1n) is 12.2. The third kappa shape index (κ3) is 6.34. The van der Waals surface area contributed by atoms with Gasteiger partial charge in [-0.15, -0.1) is 0 Å². The van der Waals surface area contributed by atoms with Crippen molar-refractivity contribution in [2.45, 2.75) is 53.2 Å². The predicted molar refractivity (Wildman–Crippen MR) is 151 cm³/mol. The number of carbonyl (C=O) groups excluding carboxylic acids is 1. The molecule has 0 fully saturated rings. The van der Waals surface area contributed by atoms with Crippen molar-refractivity contribution in [3.05, 3.63) is 88.2 Å². The number of aliphatic hydroxyl groups is 1. The molecule has 38 heavy (non-hydrogen) atoms. The van der Waals surface area contributed by atoms with Gasteiger partial charge in [-0.1, -0.05) is 49.4 Å². The highest BCUT2D eigenvalue weighted by molar-refractivity contribution is 6.32. The molecule has 2 heterocycles. The van der Waals surface area contributed by atoms with Crippen molar-refractivity contribution in [3.8, 4) is 23.1 Å². The number of ether oxygens (including phenoxy) is 1. The Labute approximate surface area is 228 Å². The average Bonchev–Trinajstić information content (AvgIpc) is 3.22. The third-order valence-electron chi connectivity index (χ3n) is 6.03. The summed E-state index contributed by atoms with van der Waals surface area (Å²) >= 11 is 6.60. The zero-order chi connectivity index (χ0) is 26.5. The number of fused-ring (bicyclic) bond motifs is 1. The lowest BCUT2D eigenvalue weighted by atomic mass is 10.0. The number of imidazole rings is 1. The minimum absolute atomic E-state index is 0. The molecule has 2 aromatic carbocycles. The van der Waals surface area contributed by atoms with Crippen molar-refractivity contribution >= 4 is 23.2 Å². The van der Waals surface area contributed by atoms with Gasteiger partial charge in [-0.3, -0.25) is 9.20 Å². The fourth-order valence-corrected chi connectivity index (χ4v) is 4.49. The third-order valence-corrected chi connectivity index (χ3v) is 6.40. The summed E-state index contributed by atoms with van der Waals surface area (Å²) in [6.45, 7) is 5.68. The molecular formula is C30H33ClN4O3. The molecule has 0 bridgehead atoms. The Kier molecular flexibility index (Phi) is 9.51. The van der Waals surface area contributed by atoms with Crippen molar-refractivity contribution in [1.82, 2.24) is 14.7 Å². The second kappa shape index (κ2) is 12.6. The molecule has 2 aromatic heterocycles. The maximum Gasteiger partial charge on any atom is 0.251 e. The summed E-state index contributed by atoms with van der Waals surface area (Å²) in [7, 11) is 0. The van der Waals surface area contributed by atoms with Crippen LogP contribution >= 0.6 is 11.6 Å². The summed E-state index contributed by atoms with van der Waals surface area (Å²) < 4.78 is 7.51. The van der Waals surface area contributed by atoms with Crippen molar-refractivity contribution in [3.63, 3.8) is 0 Å². The Balaban J connectivity index is 0.00000400. The quantitative estimate of drug-likeness (QED) is 0.276. The molecule has 4 rings (SSSR count). The van der Waals surface area contributed by atoms with Gasteiger partial charge in [0.05, 0.1) is 11.7 Å².